The molecule has 0 radical (unpaired) electrons. The normalized spacial score (nSPS) is 24.2. The van der Waals surface area contributed by atoms with Crippen LogP contribution >= 0.6 is 0 Å². The number of ether oxygens (including phenoxy) is 2. The fourth-order valence-corrected chi connectivity index (χ4v) is 4.68. The van der Waals surface area contributed by atoms with Crippen LogP contribution in [0.25, 0.3) is 0 Å². The molecular formula is C22H29NO5Si. The smallest absolute Gasteiger partial charge is 0.231 e. The molecule has 0 spiro atoms. The summed E-state index contributed by atoms with van der Waals surface area (Å²) in [5, 5.41) is -0.0563. The average molecular weight is 416 g/mol. The Bertz CT molecular complexity index is 868. The molecule has 3 aliphatic rings. The lowest BCUT2D eigenvalue weighted by Gasteiger charge is -2.44. The minimum Gasteiger partial charge on any atom is -0.454 e. The highest BCUT2D eigenvalue weighted by atomic mass is 28.4. The molecule has 1 amide bonds. The summed E-state index contributed by atoms with van der Waals surface area (Å²) in [7, 11) is -2.25. The first kappa shape index (κ1) is 20.2. The van der Waals surface area contributed by atoms with E-state index in [1.807, 2.05) is 18.2 Å². The van der Waals surface area contributed by atoms with Crippen LogP contribution in [0.4, 0.5) is 0 Å². The summed E-state index contributed by atoms with van der Waals surface area (Å²) >= 11 is 0. The molecule has 4 rings (SSSR count). The van der Waals surface area contributed by atoms with E-state index < -0.39 is 20.5 Å². The molecule has 2 atom stereocenters. The Morgan fingerprint density at radius 3 is 2.52 bits per heavy atom. The van der Waals surface area contributed by atoms with E-state index in [4.69, 9.17) is 13.9 Å². The quantitative estimate of drug-likeness (QED) is 0.690. The molecule has 6 nitrogen and oxygen atoms in total. The maximum atomic E-state index is 13.1. The Hall–Kier alpha value is -2.12. The van der Waals surface area contributed by atoms with Gasteiger partial charge in [0.05, 0.1) is 6.04 Å². The van der Waals surface area contributed by atoms with Crippen LogP contribution in [0.5, 0.6) is 11.5 Å². The first-order valence-electron chi connectivity index (χ1n) is 10.2. The van der Waals surface area contributed by atoms with Crippen LogP contribution in [0.3, 0.4) is 0 Å². The van der Waals surface area contributed by atoms with Gasteiger partial charge in [0.2, 0.25) is 12.7 Å². The second-order valence-corrected chi connectivity index (χ2v) is 14.4. The fraction of sp³-hybridized carbons (Fsp3) is 0.545. The van der Waals surface area contributed by atoms with E-state index in [2.05, 4.69) is 33.9 Å². The SMILES string of the molecule is CC(C)(C)[Si](C)(C)O[C@H]1C(=O)C=CN(C(=O)C2CC2)[C@@H]1c1ccc2c(c1)OCO2. The molecule has 0 N–H and O–H groups in total. The highest BCUT2D eigenvalue weighted by molar-refractivity contribution is 6.74. The molecular weight excluding hydrogens is 386 g/mol. The van der Waals surface area contributed by atoms with E-state index in [9.17, 15) is 9.59 Å². The number of rotatable bonds is 4. The standard InChI is InChI=1S/C22H29NO5Si/c1-22(2,3)29(4,5)28-20-16(24)10-11-23(21(25)14-6-7-14)19(20)15-8-9-17-18(12-15)27-13-26-17/h8-12,14,19-20H,6-7,13H2,1-5H3/t19-,20+/m1/s1. The number of carbonyl (C=O) groups excluding carboxylic acids is 2. The Morgan fingerprint density at radius 1 is 1.17 bits per heavy atom. The lowest BCUT2D eigenvalue weighted by molar-refractivity contribution is -0.138. The summed E-state index contributed by atoms with van der Waals surface area (Å²) in [5.74, 6) is 1.30. The number of ketones is 1. The van der Waals surface area contributed by atoms with Crippen LogP contribution in [0.2, 0.25) is 18.1 Å². The van der Waals surface area contributed by atoms with E-state index in [1.54, 1.807) is 11.1 Å². The molecule has 2 heterocycles. The molecule has 1 aliphatic carbocycles. The van der Waals surface area contributed by atoms with Gasteiger partial charge in [0, 0.05) is 18.2 Å². The van der Waals surface area contributed by atoms with Gasteiger partial charge in [0.25, 0.3) is 0 Å². The highest BCUT2D eigenvalue weighted by Gasteiger charge is 2.48. The van der Waals surface area contributed by atoms with Crippen LogP contribution in [-0.2, 0) is 14.0 Å². The monoisotopic (exact) mass is 415 g/mol. The summed E-state index contributed by atoms with van der Waals surface area (Å²) in [6.07, 6.45) is 4.19. The molecule has 1 aromatic carbocycles. The van der Waals surface area contributed by atoms with Crippen molar-refractivity contribution in [1.82, 2.24) is 4.90 Å². The van der Waals surface area contributed by atoms with Crippen LogP contribution in [0.1, 0.15) is 45.2 Å². The van der Waals surface area contributed by atoms with Gasteiger partial charge in [-0.25, -0.2) is 0 Å². The van der Waals surface area contributed by atoms with Gasteiger partial charge in [0.1, 0.15) is 6.10 Å². The third-order valence-electron chi connectivity index (χ3n) is 6.41. The largest absolute Gasteiger partial charge is 0.454 e. The maximum absolute atomic E-state index is 13.1. The highest BCUT2D eigenvalue weighted by Crippen LogP contribution is 2.44. The van der Waals surface area contributed by atoms with E-state index >= 15 is 0 Å². The van der Waals surface area contributed by atoms with Crippen LogP contribution < -0.4 is 9.47 Å². The molecule has 0 bridgehead atoms. The van der Waals surface area contributed by atoms with Crippen LogP contribution in [0, 0.1) is 5.92 Å². The second kappa shape index (κ2) is 6.99. The van der Waals surface area contributed by atoms with Gasteiger partial charge < -0.3 is 18.8 Å². The van der Waals surface area contributed by atoms with E-state index in [-0.39, 0.29) is 29.4 Å². The first-order chi connectivity index (χ1) is 13.6. The topological polar surface area (TPSA) is 65.1 Å². The number of carbonyl (C=O) groups is 2. The molecule has 1 saturated carbocycles. The van der Waals surface area contributed by atoms with E-state index in [1.165, 1.54) is 6.08 Å². The maximum Gasteiger partial charge on any atom is 0.231 e. The molecule has 0 unspecified atom stereocenters. The Labute approximate surface area is 172 Å². The zero-order valence-corrected chi connectivity index (χ0v) is 18.7. The third kappa shape index (κ3) is 3.73. The molecule has 0 aromatic heterocycles. The number of hydrogen-bond acceptors (Lipinski definition) is 5. The number of benzene rings is 1. The minimum absolute atomic E-state index is 0.0397. The molecule has 1 fully saturated rings. The fourth-order valence-electron chi connectivity index (χ4n) is 3.44. The zero-order chi connectivity index (χ0) is 21.0. The Balaban J connectivity index is 1.75. The van der Waals surface area contributed by atoms with Crippen molar-refractivity contribution in [3.63, 3.8) is 0 Å². The molecule has 156 valence electrons. The molecule has 0 saturated heterocycles. The first-order valence-corrected chi connectivity index (χ1v) is 13.1. The lowest BCUT2D eigenvalue weighted by atomic mass is 9.93. The van der Waals surface area contributed by atoms with Gasteiger partial charge in [0.15, 0.2) is 25.6 Å². The van der Waals surface area contributed by atoms with Crippen molar-refractivity contribution in [3.05, 3.63) is 36.0 Å². The van der Waals surface area contributed by atoms with Crippen LogP contribution in [0.15, 0.2) is 30.5 Å². The summed E-state index contributed by atoms with van der Waals surface area (Å²) < 4.78 is 17.6. The van der Waals surface area contributed by atoms with Crippen molar-refractivity contribution < 1.29 is 23.5 Å². The Morgan fingerprint density at radius 2 is 1.86 bits per heavy atom. The van der Waals surface area contributed by atoms with Crippen LogP contribution in [-0.4, -0.2) is 37.8 Å². The van der Waals surface area contributed by atoms with Crippen molar-refractivity contribution in [2.75, 3.05) is 6.79 Å². The third-order valence-corrected chi connectivity index (χ3v) is 10.9. The van der Waals surface area contributed by atoms with Gasteiger partial charge in [-0.05, 0) is 48.7 Å². The Kier molecular flexibility index (Phi) is 4.86. The number of hydrogen-bond donors (Lipinski definition) is 0. The van der Waals surface area contributed by atoms with Crippen molar-refractivity contribution in [1.29, 1.82) is 0 Å². The molecule has 2 aliphatic heterocycles. The average Bonchev–Trinajstić information content (AvgIpc) is 3.39. The minimum atomic E-state index is -2.25. The molecule has 1 aromatic rings. The summed E-state index contributed by atoms with van der Waals surface area (Å²) in [5.41, 5.74) is 0.824. The number of amides is 1. The number of fused-ring (bicyclic) bond motifs is 1. The number of nitrogens with zero attached hydrogens (tertiary/aromatic N) is 1. The predicted molar refractivity (Wildman–Crippen MR) is 111 cm³/mol. The van der Waals surface area contributed by atoms with Gasteiger partial charge in [-0.15, -0.1) is 0 Å². The van der Waals surface area contributed by atoms with Crippen molar-refractivity contribution in [3.8, 4) is 11.5 Å². The lowest BCUT2D eigenvalue weighted by Crippen LogP contribution is -2.52. The van der Waals surface area contributed by atoms with Gasteiger partial charge >= 0.3 is 0 Å². The van der Waals surface area contributed by atoms with Crippen molar-refractivity contribution >= 4 is 20.0 Å². The summed E-state index contributed by atoms with van der Waals surface area (Å²) in [6, 6.07) is 5.10. The summed E-state index contributed by atoms with van der Waals surface area (Å²) in [4.78, 5) is 27.7. The molecule has 7 heteroatoms. The van der Waals surface area contributed by atoms with E-state index in [0.717, 1.165) is 18.4 Å². The van der Waals surface area contributed by atoms with Gasteiger partial charge in [-0.2, -0.15) is 0 Å². The van der Waals surface area contributed by atoms with Crippen molar-refractivity contribution in [2.24, 2.45) is 5.92 Å². The van der Waals surface area contributed by atoms with Gasteiger partial charge in [-0.3, -0.25) is 9.59 Å². The summed E-state index contributed by atoms with van der Waals surface area (Å²) in [6.45, 7) is 10.9. The van der Waals surface area contributed by atoms with E-state index in [0.29, 0.717) is 11.5 Å². The zero-order valence-electron chi connectivity index (χ0n) is 17.7. The second-order valence-electron chi connectivity index (χ2n) is 9.59. The van der Waals surface area contributed by atoms with Crippen molar-refractivity contribution in [2.45, 2.75) is 63.9 Å². The molecule has 29 heavy (non-hydrogen) atoms. The predicted octanol–water partition coefficient (Wildman–Crippen LogP) is 4.18. The van der Waals surface area contributed by atoms with Gasteiger partial charge in [-0.1, -0.05) is 26.8 Å².